The minimum atomic E-state index is -0.0588. The molecule has 4 aromatic rings. The number of allylic oxidation sites excluding steroid dienone is 7. The van der Waals surface area contributed by atoms with Gasteiger partial charge >= 0.3 is 0 Å². The summed E-state index contributed by atoms with van der Waals surface area (Å²) in [6.45, 7) is 9.41. The highest BCUT2D eigenvalue weighted by Gasteiger charge is 2.42. The van der Waals surface area contributed by atoms with Crippen LogP contribution in [0, 0.1) is 0 Å². The van der Waals surface area contributed by atoms with Crippen LogP contribution in [-0.2, 0) is 10.8 Å². The second-order valence-electron chi connectivity index (χ2n) is 12.0. The van der Waals surface area contributed by atoms with Crippen molar-refractivity contribution in [2.24, 2.45) is 0 Å². The van der Waals surface area contributed by atoms with E-state index in [4.69, 9.17) is 0 Å². The van der Waals surface area contributed by atoms with Gasteiger partial charge in [0.15, 0.2) is 0 Å². The van der Waals surface area contributed by atoms with Crippen molar-refractivity contribution in [1.82, 2.24) is 0 Å². The lowest BCUT2D eigenvalue weighted by Crippen LogP contribution is -2.37. The Hall–Kier alpha value is -4.04. The SMILES string of the molecule is CN1C(=CC=CC=CC=CC2N(C)c3ccc4ccccc4c3C2(C)C)C(C)(C)c2c1ccc1ccccc21. The van der Waals surface area contributed by atoms with Crippen LogP contribution in [-0.4, -0.2) is 20.1 Å². The Kier molecular flexibility index (Phi) is 6.03. The Morgan fingerprint density at radius 1 is 0.615 bits per heavy atom. The first-order valence-corrected chi connectivity index (χ1v) is 14.0. The van der Waals surface area contributed by atoms with Gasteiger partial charge in [0, 0.05) is 42.0 Å². The summed E-state index contributed by atoms with van der Waals surface area (Å²) in [6.07, 6.45) is 15.4. The van der Waals surface area contributed by atoms with E-state index in [-0.39, 0.29) is 10.8 Å². The minimum absolute atomic E-state index is 0.0212. The molecule has 1 unspecified atom stereocenters. The molecule has 0 bridgehead atoms. The van der Waals surface area contributed by atoms with E-state index in [1.807, 2.05) is 0 Å². The number of hydrogen-bond donors (Lipinski definition) is 0. The fourth-order valence-corrected chi connectivity index (χ4v) is 7.08. The molecule has 2 aliphatic rings. The smallest absolute Gasteiger partial charge is 0.0565 e. The molecular formula is C37H38N2. The molecule has 0 spiro atoms. The predicted octanol–water partition coefficient (Wildman–Crippen LogP) is 9.07. The van der Waals surface area contributed by atoms with Crippen molar-refractivity contribution in [3.63, 3.8) is 0 Å². The number of rotatable bonds is 4. The molecule has 6 rings (SSSR count). The second-order valence-corrected chi connectivity index (χ2v) is 12.0. The Morgan fingerprint density at radius 2 is 1.18 bits per heavy atom. The minimum Gasteiger partial charge on any atom is -0.367 e. The lowest BCUT2D eigenvalue weighted by Gasteiger charge is -2.29. The zero-order valence-corrected chi connectivity index (χ0v) is 23.9. The zero-order chi connectivity index (χ0) is 27.4. The summed E-state index contributed by atoms with van der Waals surface area (Å²) in [5.41, 5.74) is 6.77. The standard InChI is InChI=1S/C37H38N2/c1-36(2)32(38(5)30-24-22-26-16-12-14-18-28(26)34(30)36)20-10-8-7-9-11-21-33-37(3,4)35-29-19-15-13-17-27(29)23-25-31(35)39(33)6/h7-25,32H,1-6H3. The molecule has 39 heavy (non-hydrogen) atoms. The van der Waals surface area contributed by atoms with E-state index in [1.54, 1.807) is 0 Å². The van der Waals surface area contributed by atoms with Crippen LogP contribution in [0.4, 0.5) is 11.4 Å². The molecule has 0 radical (unpaired) electrons. The normalized spacial score (nSPS) is 20.9. The molecular weight excluding hydrogens is 472 g/mol. The number of nitrogens with zero attached hydrogens (tertiary/aromatic N) is 2. The monoisotopic (exact) mass is 510 g/mol. The van der Waals surface area contributed by atoms with Crippen LogP contribution in [0.15, 0.2) is 121 Å². The summed E-state index contributed by atoms with van der Waals surface area (Å²) in [4.78, 5) is 4.76. The summed E-state index contributed by atoms with van der Waals surface area (Å²) >= 11 is 0. The van der Waals surface area contributed by atoms with E-state index in [0.29, 0.717) is 6.04 Å². The molecule has 0 saturated carbocycles. The van der Waals surface area contributed by atoms with Crippen molar-refractivity contribution in [2.45, 2.75) is 44.6 Å². The maximum atomic E-state index is 2.42. The topological polar surface area (TPSA) is 6.48 Å². The number of anilines is 2. The number of fused-ring (bicyclic) bond motifs is 6. The number of hydrogen-bond acceptors (Lipinski definition) is 2. The van der Waals surface area contributed by atoms with E-state index in [9.17, 15) is 0 Å². The highest BCUT2D eigenvalue weighted by molar-refractivity contribution is 5.95. The maximum Gasteiger partial charge on any atom is 0.0565 e. The fraction of sp³-hybridized carbons (Fsp3) is 0.243. The van der Waals surface area contributed by atoms with Gasteiger partial charge in [-0.05, 0) is 50.9 Å². The van der Waals surface area contributed by atoms with Gasteiger partial charge in [-0.25, -0.2) is 0 Å². The van der Waals surface area contributed by atoms with E-state index in [2.05, 4.69) is 167 Å². The maximum absolute atomic E-state index is 2.42. The quantitative estimate of drug-likeness (QED) is 0.253. The molecule has 196 valence electrons. The number of likely N-dealkylation sites (N-methyl/N-ethyl adjacent to an activating group) is 2. The van der Waals surface area contributed by atoms with Gasteiger partial charge < -0.3 is 9.80 Å². The molecule has 0 saturated heterocycles. The van der Waals surface area contributed by atoms with E-state index >= 15 is 0 Å². The molecule has 0 aliphatic carbocycles. The summed E-state index contributed by atoms with van der Waals surface area (Å²) < 4.78 is 0. The third kappa shape index (κ3) is 3.93. The molecule has 0 N–H and O–H groups in total. The Morgan fingerprint density at radius 3 is 1.87 bits per heavy atom. The van der Waals surface area contributed by atoms with E-state index in [1.165, 1.54) is 49.7 Å². The summed E-state index contributed by atoms with van der Waals surface area (Å²) in [5.74, 6) is 0. The Balaban J connectivity index is 1.19. The van der Waals surface area contributed by atoms with Crippen LogP contribution < -0.4 is 9.80 Å². The van der Waals surface area contributed by atoms with Crippen LogP contribution >= 0.6 is 0 Å². The fourth-order valence-electron chi connectivity index (χ4n) is 7.08. The third-order valence-corrected chi connectivity index (χ3v) is 8.98. The molecule has 1 atom stereocenters. The van der Waals surface area contributed by atoms with Crippen molar-refractivity contribution in [2.75, 3.05) is 23.9 Å². The summed E-state index contributed by atoms with van der Waals surface area (Å²) in [5, 5.41) is 5.33. The predicted molar refractivity (Wildman–Crippen MR) is 170 cm³/mol. The lowest BCUT2D eigenvalue weighted by atomic mass is 9.78. The van der Waals surface area contributed by atoms with Crippen molar-refractivity contribution in [3.05, 3.63) is 132 Å². The molecule has 2 aliphatic heterocycles. The van der Waals surface area contributed by atoms with Gasteiger partial charge in [-0.3, -0.25) is 0 Å². The van der Waals surface area contributed by atoms with Gasteiger partial charge in [0.2, 0.25) is 0 Å². The van der Waals surface area contributed by atoms with Crippen LogP contribution in [0.25, 0.3) is 21.5 Å². The molecule has 2 heterocycles. The first-order valence-electron chi connectivity index (χ1n) is 14.0. The summed E-state index contributed by atoms with van der Waals surface area (Å²) in [7, 11) is 4.40. The first kappa shape index (κ1) is 25.2. The third-order valence-electron chi connectivity index (χ3n) is 8.98. The van der Waals surface area contributed by atoms with Gasteiger partial charge in [0.05, 0.1) is 6.04 Å². The van der Waals surface area contributed by atoms with Crippen molar-refractivity contribution < 1.29 is 0 Å². The van der Waals surface area contributed by atoms with E-state index in [0.717, 1.165) is 0 Å². The van der Waals surface area contributed by atoms with Crippen LogP contribution in [0.2, 0.25) is 0 Å². The van der Waals surface area contributed by atoms with Gasteiger partial charge in [-0.15, -0.1) is 0 Å². The van der Waals surface area contributed by atoms with Crippen LogP contribution in [0.5, 0.6) is 0 Å². The van der Waals surface area contributed by atoms with Crippen LogP contribution in [0.3, 0.4) is 0 Å². The molecule has 0 fully saturated rings. The molecule has 4 aromatic carbocycles. The highest BCUT2D eigenvalue weighted by Crippen LogP contribution is 2.50. The van der Waals surface area contributed by atoms with Crippen LogP contribution in [0.1, 0.15) is 38.8 Å². The lowest BCUT2D eigenvalue weighted by molar-refractivity contribution is 0.491. The van der Waals surface area contributed by atoms with Crippen molar-refractivity contribution in [1.29, 1.82) is 0 Å². The molecule has 0 aromatic heterocycles. The first-order chi connectivity index (χ1) is 18.7. The van der Waals surface area contributed by atoms with Gasteiger partial charge in [0.25, 0.3) is 0 Å². The largest absolute Gasteiger partial charge is 0.367 e. The van der Waals surface area contributed by atoms with Crippen molar-refractivity contribution >= 4 is 32.9 Å². The second kappa shape index (κ2) is 9.31. The average molecular weight is 511 g/mol. The Labute approximate surface area is 233 Å². The van der Waals surface area contributed by atoms with Gasteiger partial charge in [0.1, 0.15) is 0 Å². The number of benzene rings is 4. The molecule has 2 nitrogen and oxygen atoms in total. The average Bonchev–Trinajstić information content (AvgIpc) is 3.25. The summed E-state index contributed by atoms with van der Waals surface area (Å²) in [6, 6.07) is 26.8. The van der Waals surface area contributed by atoms with E-state index < -0.39 is 0 Å². The zero-order valence-electron chi connectivity index (χ0n) is 23.9. The highest BCUT2D eigenvalue weighted by atomic mass is 15.2. The Bertz CT molecular complexity index is 1700. The molecule has 2 heteroatoms. The van der Waals surface area contributed by atoms with Crippen molar-refractivity contribution in [3.8, 4) is 0 Å². The molecule has 0 amide bonds. The van der Waals surface area contributed by atoms with Gasteiger partial charge in [-0.1, -0.05) is 125 Å². The van der Waals surface area contributed by atoms with Gasteiger partial charge in [-0.2, -0.15) is 0 Å².